The SMILES string of the molecule is c1cn2c(n1)C(N1CCn3cnnc3C1)NCC2. The number of rotatable bonds is 1. The van der Waals surface area contributed by atoms with Gasteiger partial charge in [0, 0.05) is 38.6 Å². The van der Waals surface area contributed by atoms with Gasteiger partial charge in [-0.25, -0.2) is 4.98 Å². The van der Waals surface area contributed by atoms with E-state index in [2.05, 4.69) is 40.7 Å². The molecule has 1 unspecified atom stereocenters. The third kappa shape index (κ3) is 1.48. The van der Waals surface area contributed by atoms with Gasteiger partial charge in [0.25, 0.3) is 0 Å². The Morgan fingerprint density at radius 2 is 2.22 bits per heavy atom. The van der Waals surface area contributed by atoms with E-state index < -0.39 is 0 Å². The molecule has 94 valence electrons. The van der Waals surface area contributed by atoms with Crippen LogP contribution in [0.25, 0.3) is 0 Å². The second-order valence-corrected chi connectivity index (χ2v) is 4.75. The molecular formula is C11H15N7. The standard InChI is InChI=1S/C11H15N7/c1-3-16-4-2-13-11(10(16)12-1)17-5-6-18-8-14-15-9(18)7-17/h1,3,8,11,13H,2,4-7H2. The minimum absolute atomic E-state index is 0.194. The molecule has 2 aromatic rings. The quantitative estimate of drug-likeness (QED) is 0.740. The van der Waals surface area contributed by atoms with Crippen LogP contribution in [0.2, 0.25) is 0 Å². The van der Waals surface area contributed by atoms with Crippen molar-refractivity contribution < 1.29 is 0 Å². The molecule has 2 aliphatic rings. The fourth-order valence-electron chi connectivity index (χ4n) is 2.77. The summed E-state index contributed by atoms with van der Waals surface area (Å²) in [5.41, 5.74) is 0. The molecule has 4 heterocycles. The molecule has 4 rings (SSSR count). The molecule has 1 atom stereocenters. The predicted molar refractivity (Wildman–Crippen MR) is 63.4 cm³/mol. The minimum Gasteiger partial charge on any atom is -0.331 e. The summed E-state index contributed by atoms with van der Waals surface area (Å²) < 4.78 is 4.34. The van der Waals surface area contributed by atoms with Crippen molar-refractivity contribution >= 4 is 0 Å². The van der Waals surface area contributed by atoms with E-state index in [1.165, 1.54) is 0 Å². The van der Waals surface area contributed by atoms with Gasteiger partial charge in [0.1, 0.15) is 24.1 Å². The van der Waals surface area contributed by atoms with Gasteiger partial charge in [0.15, 0.2) is 0 Å². The van der Waals surface area contributed by atoms with Crippen LogP contribution in [0.15, 0.2) is 18.7 Å². The Labute approximate surface area is 104 Å². The molecule has 0 spiro atoms. The van der Waals surface area contributed by atoms with E-state index in [1.807, 2.05) is 12.5 Å². The van der Waals surface area contributed by atoms with E-state index in [-0.39, 0.29) is 6.17 Å². The summed E-state index contributed by atoms with van der Waals surface area (Å²) >= 11 is 0. The number of hydrogen-bond donors (Lipinski definition) is 1. The zero-order valence-corrected chi connectivity index (χ0v) is 10.0. The lowest BCUT2D eigenvalue weighted by molar-refractivity contribution is 0.107. The van der Waals surface area contributed by atoms with Crippen LogP contribution >= 0.6 is 0 Å². The second kappa shape index (κ2) is 3.89. The van der Waals surface area contributed by atoms with Gasteiger partial charge in [0.05, 0.1) is 6.54 Å². The summed E-state index contributed by atoms with van der Waals surface area (Å²) in [6.07, 6.45) is 5.93. The molecule has 0 aliphatic carbocycles. The number of fused-ring (bicyclic) bond motifs is 2. The van der Waals surface area contributed by atoms with Crippen LogP contribution in [0.4, 0.5) is 0 Å². The normalized spacial score (nSPS) is 23.7. The van der Waals surface area contributed by atoms with Crippen molar-refractivity contribution in [2.24, 2.45) is 0 Å². The highest BCUT2D eigenvalue weighted by molar-refractivity contribution is 5.04. The van der Waals surface area contributed by atoms with Crippen LogP contribution in [-0.4, -0.2) is 42.3 Å². The summed E-state index contributed by atoms with van der Waals surface area (Å²) in [6, 6.07) is 0. The number of nitrogens with zero attached hydrogens (tertiary/aromatic N) is 6. The first-order chi connectivity index (χ1) is 8.92. The van der Waals surface area contributed by atoms with Crippen LogP contribution in [0.3, 0.4) is 0 Å². The second-order valence-electron chi connectivity index (χ2n) is 4.75. The molecule has 1 N–H and O–H groups in total. The molecular weight excluding hydrogens is 230 g/mol. The molecule has 0 fully saturated rings. The van der Waals surface area contributed by atoms with Crippen molar-refractivity contribution in [3.8, 4) is 0 Å². The van der Waals surface area contributed by atoms with Gasteiger partial charge in [-0.2, -0.15) is 0 Å². The van der Waals surface area contributed by atoms with Gasteiger partial charge >= 0.3 is 0 Å². The Balaban J connectivity index is 1.63. The van der Waals surface area contributed by atoms with E-state index in [0.29, 0.717) is 0 Å². The Morgan fingerprint density at radius 1 is 1.22 bits per heavy atom. The van der Waals surface area contributed by atoms with Crippen molar-refractivity contribution in [1.29, 1.82) is 0 Å². The first-order valence-corrected chi connectivity index (χ1v) is 6.27. The van der Waals surface area contributed by atoms with Gasteiger partial charge < -0.3 is 9.13 Å². The molecule has 0 amide bonds. The fourth-order valence-corrected chi connectivity index (χ4v) is 2.77. The van der Waals surface area contributed by atoms with E-state index in [0.717, 1.165) is 44.4 Å². The molecule has 0 saturated carbocycles. The lowest BCUT2D eigenvalue weighted by Gasteiger charge is -2.36. The molecule has 0 bridgehead atoms. The van der Waals surface area contributed by atoms with Crippen LogP contribution < -0.4 is 5.32 Å². The summed E-state index contributed by atoms with van der Waals surface area (Å²) in [7, 11) is 0. The van der Waals surface area contributed by atoms with Crippen molar-refractivity contribution in [2.45, 2.75) is 25.8 Å². The van der Waals surface area contributed by atoms with Crippen molar-refractivity contribution in [3.63, 3.8) is 0 Å². The highest BCUT2D eigenvalue weighted by atomic mass is 15.4. The van der Waals surface area contributed by atoms with E-state index in [4.69, 9.17) is 0 Å². The third-order valence-electron chi connectivity index (χ3n) is 3.72. The topological polar surface area (TPSA) is 63.8 Å². The largest absolute Gasteiger partial charge is 0.331 e. The molecule has 0 aromatic carbocycles. The maximum atomic E-state index is 4.47. The molecule has 0 saturated heterocycles. The molecule has 0 radical (unpaired) electrons. The van der Waals surface area contributed by atoms with Crippen LogP contribution in [0.5, 0.6) is 0 Å². The molecule has 2 aromatic heterocycles. The maximum absolute atomic E-state index is 4.47. The van der Waals surface area contributed by atoms with Gasteiger partial charge in [-0.1, -0.05) is 0 Å². The zero-order valence-electron chi connectivity index (χ0n) is 10.0. The lowest BCUT2D eigenvalue weighted by Crippen LogP contribution is -2.47. The maximum Gasteiger partial charge on any atom is 0.147 e. The zero-order chi connectivity index (χ0) is 11.9. The van der Waals surface area contributed by atoms with Gasteiger partial charge in [-0.3, -0.25) is 10.2 Å². The number of aromatic nitrogens is 5. The Kier molecular flexibility index (Phi) is 2.21. The summed E-state index contributed by atoms with van der Waals surface area (Å²) in [6.45, 7) is 4.74. The molecule has 18 heavy (non-hydrogen) atoms. The minimum atomic E-state index is 0.194. The van der Waals surface area contributed by atoms with E-state index >= 15 is 0 Å². The average molecular weight is 245 g/mol. The average Bonchev–Trinajstić information content (AvgIpc) is 3.05. The highest BCUT2D eigenvalue weighted by Crippen LogP contribution is 2.23. The van der Waals surface area contributed by atoms with Crippen molar-refractivity contribution in [2.75, 3.05) is 13.1 Å². The van der Waals surface area contributed by atoms with E-state index in [9.17, 15) is 0 Å². The molecule has 7 heteroatoms. The lowest BCUT2D eigenvalue weighted by atomic mass is 10.2. The van der Waals surface area contributed by atoms with E-state index in [1.54, 1.807) is 0 Å². The highest BCUT2D eigenvalue weighted by Gasteiger charge is 2.30. The third-order valence-corrected chi connectivity index (χ3v) is 3.72. The Hall–Kier alpha value is -1.73. The fraction of sp³-hybridized carbons (Fsp3) is 0.545. The summed E-state index contributed by atoms with van der Waals surface area (Å²) in [4.78, 5) is 6.85. The van der Waals surface area contributed by atoms with Crippen LogP contribution in [0, 0.1) is 0 Å². The van der Waals surface area contributed by atoms with Crippen molar-refractivity contribution in [1.82, 2.24) is 34.5 Å². The van der Waals surface area contributed by atoms with Crippen molar-refractivity contribution in [3.05, 3.63) is 30.4 Å². The first-order valence-electron chi connectivity index (χ1n) is 6.27. The number of imidazole rings is 1. The Morgan fingerprint density at radius 3 is 3.22 bits per heavy atom. The molecule has 7 nitrogen and oxygen atoms in total. The van der Waals surface area contributed by atoms with Gasteiger partial charge in [-0.05, 0) is 0 Å². The van der Waals surface area contributed by atoms with Gasteiger partial charge in [0.2, 0.25) is 0 Å². The number of hydrogen-bond acceptors (Lipinski definition) is 5. The van der Waals surface area contributed by atoms with Gasteiger partial charge in [-0.15, -0.1) is 10.2 Å². The Bertz CT molecular complexity index is 557. The predicted octanol–water partition coefficient (Wildman–Crippen LogP) is -0.408. The first kappa shape index (κ1) is 10.2. The van der Waals surface area contributed by atoms with Crippen LogP contribution in [-0.2, 0) is 19.6 Å². The summed E-state index contributed by atoms with van der Waals surface area (Å²) in [5.74, 6) is 2.14. The smallest absolute Gasteiger partial charge is 0.147 e. The van der Waals surface area contributed by atoms with Crippen LogP contribution in [0.1, 0.15) is 17.8 Å². The molecule has 2 aliphatic heterocycles. The monoisotopic (exact) mass is 245 g/mol. The summed E-state index contributed by atoms with van der Waals surface area (Å²) in [5, 5.41) is 11.7. The number of nitrogens with one attached hydrogen (secondary N) is 1.